The van der Waals surface area contributed by atoms with Crippen LogP contribution in [0.2, 0.25) is 0 Å². The predicted molar refractivity (Wildman–Crippen MR) is 58.0 cm³/mol. The molecule has 1 aromatic carbocycles. The SMILES string of the molecule is CC#CCOc1ccc(C)cc1CN. The van der Waals surface area contributed by atoms with Gasteiger partial charge in [0, 0.05) is 12.1 Å². The molecule has 0 fully saturated rings. The van der Waals surface area contributed by atoms with Crippen molar-refractivity contribution in [3.63, 3.8) is 0 Å². The van der Waals surface area contributed by atoms with Crippen molar-refractivity contribution >= 4 is 0 Å². The highest BCUT2D eigenvalue weighted by atomic mass is 16.5. The fourth-order valence-corrected chi connectivity index (χ4v) is 1.19. The third kappa shape index (κ3) is 2.79. The number of aryl methyl sites for hydroxylation is 1. The van der Waals surface area contributed by atoms with Crippen LogP contribution in [-0.4, -0.2) is 6.61 Å². The zero-order valence-electron chi connectivity index (χ0n) is 8.63. The summed E-state index contributed by atoms with van der Waals surface area (Å²) in [6.45, 7) is 4.75. The highest BCUT2D eigenvalue weighted by Crippen LogP contribution is 2.19. The zero-order chi connectivity index (χ0) is 10.4. The molecule has 0 spiro atoms. The van der Waals surface area contributed by atoms with Crippen LogP contribution in [0.1, 0.15) is 18.1 Å². The van der Waals surface area contributed by atoms with E-state index in [2.05, 4.69) is 11.8 Å². The van der Waals surface area contributed by atoms with E-state index < -0.39 is 0 Å². The molecule has 2 nitrogen and oxygen atoms in total. The van der Waals surface area contributed by atoms with Crippen LogP contribution < -0.4 is 10.5 Å². The van der Waals surface area contributed by atoms with E-state index >= 15 is 0 Å². The molecule has 0 aliphatic rings. The average molecular weight is 189 g/mol. The van der Waals surface area contributed by atoms with Gasteiger partial charge in [-0.05, 0) is 19.9 Å². The number of hydrogen-bond donors (Lipinski definition) is 1. The molecule has 0 saturated carbocycles. The maximum absolute atomic E-state index is 5.61. The number of hydrogen-bond acceptors (Lipinski definition) is 2. The Morgan fingerprint density at radius 1 is 1.43 bits per heavy atom. The molecular formula is C12H15NO. The fourth-order valence-electron chi connectivity index (χ4n) is 1.19. The molecule has 74 valence electrons. The van der Waals surface area contributed by atoms with Gasteiger partial charge in [-0.15, -0.1) is 5.92 Å². The van der Waals surface area contributed by atoms with E-state index in [9.17, 15) is 0 Å². The van der Waals surface area contributed by atoms with Crippen LogP contribution in [0, 0.1) is 18.8 Å². The molecule has 0 saturated heterocycles. The Hall–Kier alpha value is -1.46. The molecule has 0 aromatic heterocycles. The van der Waals surface area contributed by atoms with Gasteiger partial charge in [0.05, 0.1) is 0 Å². The molecule has 0 amide bonds. The highest BCUT2D eigenvalue weighted by molar-refractivity contribution is 5.36. The number of ether oxygens (including phenoxy) is 1. The largest absolute Gasteiger partial charge is 0.481 e. The normalized spacial score (nSPS) is 9.07. The first-order chi connectivity index (χ1) is 6.77. The van der Waals surface area contributed by atoms with Gasteiger partial charge in [0.15, 0.2) is 0 Å². The van der Waals surface area contributed by atoms with Gasteiger partial charge in [-0.2, -0.15) is 0 Å². The Balaban J connectivity index is 2.78. The Kier molecular flexibility index (Phi) is 4.03. The Labute approximate surface area is 85.1 Å². The summed E-state index contributed by atoms with van der Waals surface area (Å²) < 4.78 is 5.47. The molecule has 1 rings (SSSR count). The first-order valence-corrected chi connectivity index (χ1v) is 4.60. The van der Waals surface area contributed by atoms with E-state index in [1.165, 1.54) is 5.56 Å². The summed E-state index contributed by atoms with van der Waals surface area (Å²) in [5.41, 5.74) is 7.83. The van der Waals surface area contributed by atoms with Gasteiger partial charge in [0.25, 0.3) is 0 Å². The van der Waals surface area contributed by atoms with Crippen molar-refractivity contribution in [2.45, 2.75) is 20.4 Å². The maximum Gasteiger partial charge on any atom is 0.149 e. The fraction of sp³-hybridized carbons (Fsp3) is 0.333. The Bertz CT molecular complexity index is 360. The first-order valence-electron chi connectivity index (χ1n) is 4.60. The zero-order valence-corrected chi connectivity index (χ0v) is 8.63. The summed E-state index contributed by atoms with van der Waals surface area (Å²) in [4.78, 5) is 0. The van der Waals surface area contributed by atoms with Crippen LogP contribution in [0.15, 0.2) is 18.2 Å². The minimum absolute atomic E-state index is 0.423. The second-order valence-electron chi connectivity index (χ2n) is 3.03. The van der Waals surface area contributed by atoms with E-state index in [0.29, 0.717) is 13.2 Å². The molecule has 0 unspecified atom stereocenters. The third-order valence-corrected chi connectivity index (χ3v) is 1.91. The van der Waals surface area contributed by atoms with Crippen molar-refractivity contribution < 1.29 is 4.74 Å². The second kappa shape index (κ2) is 5.31. The quantitative estimate of drug-likeness (QED) is 0.736. The number of benzene rings is 1. The maximum atomic E-state index is 5.61. The molecule has 0 heterocycles. The molecule has 0 bridgehead atoms. The van der Waals surface area contributed by atoms with Crippen LogP contribution >= 0.6 is 0 Å². The van der Waals surface area contributed by atoms with Gasteiger partial charge >= 0.3 is 0 Å². The van der Waals surface area contributed by atoms with Crippen molar-refractivity contribution in [2.75, 3.05) is 6.61 Å². The van der Waals surface area contributed by atoms with Gasteiger partial charge in [-0.3, -0.25) is 0 Å². The van der Waals surface area contributed by atoms with Crippen molar-refractivity contribution in [3.05, 3.63) is 29.3 Å². The minimum atomic E-state index is 0.423. The molecule has 0 aliphatic heterocycles. The van der Waals surface area contributed by atoms with E-state index in [4.69, 9.17) is 10.5 Å². The topological polar surface area (TPSA) is 35.2 Å². The third-order valence-electron chi connectivity index (χ3n) is 1.91. The van der Waals surface area contributed by atoms with Gasteiger partial charge in [-0.1, -0.05) is 23.6 Å². The lowest BCUT2D eigenvalue weighted by molar-refractivity contribution is 0.366. The molecule has 2 N–H and O–H groups in total. The van der Waals surface area contributed by atoms with Gasteiger partial charge in [-0.25, -0.2) is 0 Å². The van der Waals surface area contributed by atoms with Crippen molar-refractivity contribution in [1.82, 2.24) is 0 Å². The van der Waals surface area contributed by atoms with Crippen LogP contribution in [0.4, 0.5) is 0 Å². The molecule has 0 aliphatic carbocycles. The highest BCUT2D eigenvalue weighted by Gasteiger charge is 2.00. The summed E-state index contributed by atoms with van der Waals surface area (Å²) in [5.74, 6) is 6.46. The molecule has 1 aromatic rings. The standard InChI is InChI=1S/C12H15NO/c1-3-4-7-14-12-6-5-10(2)8-11(12)9-13/h5-6,8H,7,9,13H2,1-2H3. The Morgan fingerprint density at radius 3 is 2.86 bits per heavy atom. The molecule has 0 atom stereocenters. The monoisotopic (exact) mass is 189 g/mol. The summed E-state index contributed by atoms with van der Waals surface area (Å²) in [7, 11) is 0. The van der Waals surface area contributed by atoms with Crippen LogP contribution in [-0.2, 0) is 6.54 Å². The summed E-state index contributed by atoms with van der Waals surface area (Å²) in [6.07, 6.45) is 0. The van der Waals surface area contributed by atoms with E-state index in [1.54, 1.807) is 6.92 Å². The van der Waals surface area contributed by atoms with Crippen LogP contribution in [0.25, 0.3) is 0 Å². The van der Waals surface area contributed by atoms with Gasteiger partial charge < -0.3 is 10.5 Å². The van der Waals surface area contributed by atoms with Crippen LogP contribution in [0.3, 0.4) is 0 Å². The van der Waals surface area contributed by atoms with Crippen LogP contribution in [0.5, 0.6) is 5.75 Å². The summed E-state index contributed by atoms with van der Waals surface area (Å²) in [5, 5.41) is 0. The predicted octanol–water partition coefficient (Wildman–Crippen LogP) is 1.86. The number of nitrogens with two attached hydrogens (primary N) is 1. The minimum Gasteiger partial charge on any atom is -0.481 e. The molecular weight excluding hydrogens is 174 g/mol. The lowest BCUT2D eigenvalue weighted by Crippen LogP contribution is -2.03. The van der Waals surface area contributed by atoms with E-state index in [-0.39, 0.29) is 0 Å². The average Bonchev–Trinajstić information content (AvgIpc) is 2.20. The lowest BCUT2D eigenvalue weighted by atomic mass is 10.1. The van der Waals surface area contributed by atoms with E-state index in [1.807, 2.05) is 25.1 Å². The Morgan fingerprint density at radius 2 is 2.21 bits per heavy atom. The van der Waals surface area contributed by atoms with E-state index in [0.717, 1.165) is 11.3 Å². The smallest absolute Gasteiger partial charge is 0.149 e. The first kappa shape index (κ1) is 10.6. The molecule has 14 heavy (non-hydrogen) atoms. The summed E-state index contributed by atoms with van der Waals surface area (Å²) in [6, 6.07) is 5.98. The molecule has 2 heteroatoms. The van der Waals surface area contributed by atoms with Crippen molar-refractivity contribution in [2.24, 2.45) is 5.73 Å². The van der Waals surface area contributed by atoms with Crippen molar-refractivity contribution in [1.29, 1.82) is 0 Å². The lowest BCUT2D eigenvalue weighted by Gasteiger charge is -2.08. The summed E-state index contributed by atoms with van der Waals surface area (Å²) >= 11 is 0. The second-order valence-corrected chi connectivity index (χ2v) is 3.03. The molecule has 0 radical (unpaired) electrons. The van der Waals surface area contributed by atoms with Gasteiger partial charge in [0.2, 0.25) is 0 Å². The van der Waals surface area contributed by atoms with Crippen molar-refractivity contribution in [3.8, 4) is 17.6 Å². The number of rotatable bonds is 3. The van der Waals surface area contributed by atoms with Gasteiger partial charge in [0.1, 0.15) is 12.4 Å².